The van der Waals surface area contributed by atoms with E-state index in [0.29, 0.717) is 18.2 Å². The van der Waals surface area contributed by atoms with E-state index >= 15 is 0 Å². The second kappa shape index (κ2) is 9.80. The lowest BCUT2D eigenvalue weighted by Gasteiger charge is -2.22. The first-order chi connectivity index (χ1) is 22.4. The first-order valence-electron chi connectivity index (χ1n) is 15.6. The molecular formula is C34H25N5OS. The number of aromatic nitrogens is 3. The maximum Gasteiger partial charge on any atom is 0.217 e. The van der Waals surface area contributed by atoms with Crippen LogP contribution in [-0.2, 0) is 6.54 Å². The average Bonchev–Trinajstić information content (AvgIpc) is 3.81. The topological polar surface area (TPSA) is 46.4 Å². The van der Waals surface area contributed by atoms with Gasteiger partial charge in [0.15, 0.2) is 0 Å². The van der Waals surface area contributed by atoms with Gasteiger partial charge >= 0.3 is 0 Å². The number of benzene rings is 5. The van der Waals surface area contributed by atoms with Crippen molar-refractivity contribution in [3.05, 3.63) is 132 Å². The molecule has 0 amide bonds. The highest BCUT2D eigenvalue weighted by atomic mass is 32.1. The standard InChI is InChI=1S/C34H25N5OS/c1-2-9-24(10-3-1)21-37-23-38(32-16-7-6-15-31(32)37)25-11-8-12-26(19-25)40-27-17-18-29-28-13-4-5-14-30(28)39(33(29)20-27)34-36-35-22-41-34/h1-20,22H,21,23H2/i1D,2D,3D,9D,10D. The molecule has 0 aliphatic carbocycles. The molecule has 41 heavy (non-hydrogen) atoms. The first-order valence-corrected chi connectivity index (χ1v) is 14.0. The summed E-state index contributed by atoms with van der Waals surface area (Å²) in [6, 6.07) is 28.7. The van der Waals surface area contributed by atoms with Gasteiger partial charge in [-0.15, -0.1) is 10.2 Å². The minimum Gasteiger partial charge on any atom is -0.457 e. The third-order valence-electron chi connectivity index (χ3n) is 7.28. The molecule has 2 aromatic heterocycles. The van der Waals surface area contributed by atoms with Gasteiger partial charge in [-0.25, -0.2) is 0 Å². The zero-order valence-electron chi connectivity index (χ0n) is 26.7. The van der Waals surface area contributed by atoms with E-state index in [9.17, 15) is 0 Å². The Morgan fingerprint density at radius 3 is 2.46 bits per heavy atom. The Bertz CT molecular complexity index is 2260. The monoisotopic (exact) mass is 556 g/mol. The van der Waals surface area contributed by atoms with Crippen molar-refractivity contribution in [3.63, 3.8) is 0 Å². The largest absolute Gasteiger partial charge is 0.457 e. The van der Waals surface area contributed by atoms with Gasteiger partial charge in [0.25, 0.3) is 0 Å². The highest BCUT2D eigenvalue weighted by Gasteiger charge is 2.27. The molecule has 0 saturated heterocycles. The minimum absolute atomic E-state index is 0.169. The SMILES string of the molecule is [2H]c1c([2H])c([2H])c(CN2CN(c3cccc(Oc4ccc5c6ccccc6n(-c6nncs6)c5c4)c3)c3ccccc32)c([2H])c1[2H]. The van der Waals surface area contributed by atoms with E-state index < -0.39 is 0 Å². The molecule has 0 saturated carbocycles. The molecule has 7 aromatic rings. The fraction of sp³-hybridized carbons (Fsp3) is 0.0588. The van der Waals surface area contributed by atoms with Crippen LogP contribution in [0.5, 0.6) is 11.5 Å². The zero-order chi connectivity index (χ0) is 31.5. The lowest BCUT2D eigenvalue weighted by molar-refractivity contribution is 0.483. The number of anilines is 3. The number of ether oxygens (including phenoxy) is 1. The Morgan fingerprint density at radius 1 is 0.780 bits per heavy atom. The molecule has 0 atom stereocenters. The number of fused-ring (bicyclic) bond motifs is 4. The third-order valence-corrected chi connectivity index (χ3v) is 7.95. The Morgan fingerprint density at radius 2 is 1.59 bits per heavy atom. The lowest BCUT2D eigenvalue weighted by Crippen LogP contribution is -2.27. The van der Waals surface area contributed by atoms with Crippen molar-refractivity contribution in [2.45, 2.75) is 6.54 Å². The van der Waals surface area contributed by atoms with Crippen molar-refractivity contribution >= 4 is 50.2 Å². The van der Waals surface area contributed by atoms with Gasteiger partial charge in [0.05, 0.1) is 35.9 Å². The summed E-state index contributed by atoms with van der Waals surface area (Å²) >= 11 is 1.48. The van der Waals surface area contributed by atoms with E-state index in [1.807, 2.05) is 77.7 Å². The van der Waals surface area contributed by atoms with Gasteiger partial charge in [0, 0.05) is 35.1 Å². The molecular weight excluding hydrogens is 526 g/mol. The van der Waals surface area contributed by atoms with Crippen LogP contribution >= 0.6 is 11.3 Å². The van der Waals surface area contributed by atoms with E-state index in [-0.39, 0.29) is 42.3 Å². The van der Waals surface area contributed by atoms with E-state index in [0.717, 1.165) is 44.0 Å². The molecule has 0 N–H and O–H groups in total. The smallest absolute Gasteiger partial charge is 0.217 e. The predicted octanol–water partition coefficient (Wildman–Crippen LogP) is 8.54. The first kappa shape index (κ1) is 19.0. The van der Waals surface area contributed by atoms with Crippen LogP contribution in [-0.4, -0.2) is 21.4 Å². The molecule has 6 nitrogen and oxygen atoms in total. The Balaban J connectivity index is 1.12. The van der Waals surface area contributed by atoms with E-state index in [1.165, 1.54) is 11.3 Å². The van der Waals surface area contributed by atoms with Crippen LogP contribution in [0.3, 0.4) is 0 Å². The lowest BCUT2D eigenvalue weighted by atomic mass is 10.1. The van der Waals surface area contributed by atoms with Crippen LogP contribution in [0, 0.1) is 0 Å². The second-order valence-electron chi connectivity index (χ2n) is 9.71. The summed E-state index contributed by atoms with van der Waals surface area (Å²) in [5.74, 6) is 1.35. The molecule has 0 bridgehead atoms. The molecule has 0 spiro atoms. The van der Waals surface area contributed by atoms with Gasteiger partial charge in [-0.05, 0) is 48.0 Å². The number of para-hydroxylation sites is 3. The summed E-state index contributed by atoms with van der Waals surface area (Å²) in [4.78, 5) is 4.16. The average molecular weight is 557 g/mol. The number of hydrogen-bond donors (Lipinski definition) is 0. The minimum atomic E-state index is -0.389. The number of hydrogen-bond acceptors (Lipinski definition) is 6. The molecule has 1 aliphatic rings. The van der Waals surface area contributed by atoms with Gasteiger partial charge in [-0.3, -0.25) is 4.57 Å². The fourth-order valence-electron chi connectivity index (χ4n) is 5.52. The van der Waals surface area contributed by atoms with Crippen LogP contribution in [0.2, 0.25) is 0 Å². The molecule has 0 fully saturated rings. The predicted molar refractivity (Wildman–Crippen MR) is 167 cm³/mol. The van der Waals surface area contributed by atoms with Crippen molar-refractivity contribution in [1.29, 1.82) is 0 Å². The van der Waals surface area contributed by atoms with Crippen LogP contribution < -0.4 is 14.5 Å². The van der Waals surface area contributed by atoms with Gasteiger partial charge < -0.3 is 14.5 Å². The highest BCUT2D eigenvalue weighted by Crippen LogP contribution is 2.42. The summed E-state index contributed by atoms with van der Waals surface area (Å²) in [5.41, 5.74) is 6.78. The van der Waals surface area contributed by atoms with Crippen LogP contribution in [0.25, 0.3) is 26.9 Å². The van der Waals surface area contributed by atoms with Gasteiger partial charge in [-0.2, -0.15) is 0 Å². The third kappa shape index (κ3) is 4.18. The molecule has 1 aliphatic heterocycles. The van der Waals surface area contributed by atoms with Crippen molar-refractivity contribution in [2.24, 2.45) is 0 Å². The quantitative estimate of drug-likeness (QED) is 0.205. The zero-order valence-corrected chi connectivity index (χ0v) is 22.5. The summed E-state index contributed by atoms with van der Waals surface area (Å²) in [5, 5.41) is 11.4. The molecule has 198 valence electrons. The molecule has 0 unspecified atom stereocenters. The summed E-state index contributed by atoms with van der Waals surface area (Å²) < 4.78 is 49.6. The summed E-state index contributed by atoms with van der Waals surface area (Å²) in [6.45, 7) is 0.598. The maximum absolute atomic E-state index is 8.43. The van der Waals surface area contributed by atoms with E-state index in [1.54, 1.807) is 5.51 Å². The number of nitrogens with zero attached hydrogens (tertiary/aromatic N) is 5. The van der Waals surface area contributed by atoms with E-state index in [2.05, 4.69) is 37.9 Å². The second-order valence-corrected chi connectivity index (χ2v) is 10.5. The molecule has 3 heterocycles. The van der Waals surface area contributed by atoms with Crippen molar-refractivity contribution in [1.82, 2.24) is 14.8 Å². The summed E-state index contributed by atoms with van der Waals surface area (Å²) in [7, 11) is 0. The fourth-order valence-corrected chi connectivity index (χ4v) is 6.11. The van der Waals surface area contributed by atoms with Gasteiger partial charge in [0.2, 0.25) is 5.13 Å². The normalized spacial score (nSPS) is 14.5. The van der Waals surface area contributed by atoms with Crippen molar-refractivity contribution in [2.75, 3.05) is 16.5 Å². The molecule has 0 radical (unpaired) electrons. The highest BCUT2D eigenvalue weighted by molar-refractivity contribution is 7.11. The van der Waals surface area contributed by atoms with Crippen molar-refractivity contribution < 1.29 is 11.6 Å². The Hall–Kier alpha value is -5.14. The van der Waals surface area contributed by atoms with Gasteiger partial charge in [0.1, 0.15) is 17.0 Å². The molecule has 7 heteroatoms. The van der Waals surface area contributed by atoms with Crippen LogP contribution in [0.15, 0.2) is 127 Å². The Labute approximate surface area is 248 Å². The number of rotatable bonds is 6. The van der Waals surface area contributed by atoms with Gasteiger partial charge in [-0.1, -0.05) is 77.9 Å². The van der Waals surface area contributed by atoms with Crippen LogP contribution in [0.1, 0.15) is 12.4 Å². The molecule has 8 rings (SSSR count). The van der Waals surface area contributed by atoms with E-state index in [4.69, 9.17) is 11.6 Å². The maximum atomic E-state index is 8.43. The summed E-state index contributed by atoms with van der Waals surface area (Å²) in [6.07, 6.45) is 0. The van der Waals surface area contributed by atoms with Crippen molar-refractivity contribution in [3.8, 4) is 16.6 Å². The Kier molecular flexibility index (Phi) is 4.55. The molecule has 5 aromatic carbocycles. The van der Waals surface area contributed by atoms with Crippen LogP contribution in [0.4, 0.5) is 17.1 Å².